The molecule has 2 aliphatic rings. The minimum atomic E-state index is -0.443. The Morgan fingerprint density at radius 2 is 2.10 bits per heavy atom. The molecule has 6 heteroatoms. The summed E-state index contributed by atoms with van der Waals surface area (Å²) in [6.45, 7) is 1.63. The van der Waals surface area contributed by atoms with E-state index in [1.165, 1.54) is 6.07 Å². The van der Waals surface area contributed by atoms with Crippen LogP contribution in [0, 0.1) is 33.3 Å². The Labute approximate surface area is 123 Å². The third-order valence-corrected chi connectivity index (χ3v) is 4.75. The topological polar surface area (TPSA) is 96.2 Å². The van der Waals surface area contributed by atoms with Crippen LogP contribution in [0.3, 0.4) is 0 Å². The number of benzene rings is 1. The molecule has 6 nitrogen and oxygen atoms in total. The van der Waals surface area contributed by atoms with E-state index in [1.54, 1.807) is 12.1 Å². The number of nitrogens with two attached hydrogens (primary N) is 1. The van der Waals surface area contributed by atoms with Crippen LogP contribution < -0.4 is 10.6 Å². The third kappa shape index (κ3) is 2.45. The van der Waals surface area contributed by atoms with Gasteiger partial charge < -0.3 is 10.6 Å². The van der Waals surface area contributed by atoms with Gasteiger partial charge in [-0.2, -0.15) is 5.26 Å². The second-order valence-electron chi connectivity index (χ2n) is 6.04. The standard InChI is InChI=1S/C15H18N4O2/c16-7-10-2-1-3-14(15(10)19(20)21)18-8-11-4-5-13(17)6-12(11)9-18/h1-3,11-13H,4-6,8-9,17H2/t11-,12+,13?/m1/s1. The lowest BCUT2D eigenvalue weighted by Crippen LogP contribution is -2.32. The van der Waals surface area contributed by atoms with Gasteiger partial charge in [0.25, 0.3) is 0 Å². The van der Waals surface area contributed by atoms with Gasteiger partial charge in [0.1, 0.15) is 17.3 Å². The molecular weight excluding hydrogens is 268 g/mol. The van der Waals surface area contributed by atoms with Gasteiger partial charge in [-0.25, -0.2) is 0 Å². The van der Waals surface area contributed by atoms with E-state index in [9.17, 15) is 10.1 Å². The molecule has 1 unspecified atom stereocenters. The van der Waals surface area contributed by atoms with Crippen LogP contribution in [0.15, 0.2) is 18.2 Å². The summed E-state index contributed by atoms with van der Waals surface area (Å²) in [5.74, 6) is 1.08. The van der Waals surface area contributed by atoms with Gasteiger partial charge >= 0.3 is 5.69 Å². The number of nitro groups is 1. The van der Waals surface area contributed by atoms with Gasteiger partial charge in [-0.15, -0.1) is 0 Å². The van der Waals surface area contributed by atoms with Crippen LogP contribution in [0.4, 0.5) is 11.4 Å². The molecule has 1 saturated carbocycles. The summed E-state index contributed by atoms with van der Waals surface area (Å²) in [6.07, 6.45) is 3.12. The molecule has 3 atom stereocenters. The zero-order valence-electron chi connectivity index (χ0n) is 11.7. The van der Waals surface area contributed by atoms with Crippen molar-refractivity contribution in [2.45, 2.75) is 25.3 Å². The highest BCUT2D eigenvalue weighted by Crippen LogP contribution is 2.41. The first-order chi connectivity index (χ1) is 10.1. The van der Waals surface area contributed by atoms with E-state index in [2.05, 4.69) is 4.90 Å². The smallest absolute Gasteiger partial charge is 0.310 e. The normalized spacial score (nSPS) is 28.0. The monoisotopic (exact) mass is 286 g/mol. The van der Waals surface area contributed by atoms with E-state index >= 15 is 0 Å². The molecule has 1 saturated heterocycles. The number of anilines is 1. The van der Waals surface area contributed by atoms with Crippen LogP contribution in [0.25, 0.3) is 0 Å². The van der Waals surface area contributed by atoms with Crippen LogP contribution in [0.5, 0.6) is 0 Å². The molecule has 0 radical (unpaired) electrons. The summed E-state index contributed by atoms with van der Waals surface area (Å²) in [7, 11) is 0. The van der Waals surface area contributed by atoms with Crippen molar-refractivity contribution >= 4 is 11.4 Å². The molecule has 1 aromatic rings. The largest absolute Gasteiger partial charge is 0.365 e. The second kappa shape index (κ2) is 5.34. The van der Waals surface area contributed by atoms with Crippen molar-refractivity contribution in [1.82, 2.24) is 0 Å². The molecule has 0 aromatic heterocycles. The van der Waals surface area contributed by atoms with Crippen LogP contribution in [0.1, 0.15) is 24.8 Å². The first-order valence-electron chi connectivity index (χ1n) is 7.28. The lowest BCUT2D eigenvalue weighted by Gasteiger charge is -2.27. The number of rotatable bonds is 2. The van der Waals surface area contributed by atoms with Gasteiger partial charge in [0.05, 0.1) is 4.92 Å². The van der Waals surface area contributed by atoms with Crippen LogP contribution in [-0.2, 0) is 0 Å². The number of hydrogen-bond acceptors (Lipinski definition) is 5. The average Bonchev–Trinajstić information content (AvgIpc) is 2.89. The molecule has 1 aromatic carbocycles. The maximum atomic E-state index is 11.3. The van der Waals surface area contributed by atoms with Crippen molar-refractivity contribution < 1.29 is 4.92 Å². The Morgan fingerprint density at radius 1 is 1.33 bits per heavy atom. The number of nitrogens with zero attached hydrogens (tertiary/aromatic N) is 3. The molecule has 2 N–H and O–H groups in total. The molecule has 1 aliphatic heterocycles. The van der Waals surface area contributed by atoms with E-state index in [0.29, 0.717) is 17.5 Å². The van der Waals surface area contributed by atoms with Crippen LogP contribution in [0.2, 0.25) is 0 Å². The number of nitro benzene ring substituents is 1. The number of hydrogen-bond donors (Lipinski definition) is 1. The molecule has 2 fully saturated rings. The Hall–Kier alpha value is -2.13. The quantitative estimate of drug-likeness (QED) is 0.662. The van der Waals surface area contributed by atoms with E-state index < -0.39 is 4.92 Å². The summed E-state index contributed by atoms with van der Waals surface area (Å²) in [5.41, 5.74) is 6.66. The molecule has 1 heterocycles. The maximum absolute atomic E-state index is 11.3. The fraction of sp³-hybridized carbons (Fsp3) is 0.533. The van der Waals surface area contributed by atoms with Crippen molar-refractivity contribution in [3.63, 3.8) is 0 Å². The highest BCUT2D eigenvalue weighted by Gasteiger charge is 2.38. The SMILES string of the molecule is N#Cc1cccc(N2C[C@H]3CCC(N)C[C@H]3C2)c1[N+](=O)[O-]. The number of para-hydroxylation sites is 1. The summed E-state index contributed by atoms with van der Waals surface area (Å²) in [4.78, 5) is 13.0. The molecule has 0 bridgehead atoms. The average molecular weight is 286 g/mol. The summed E-state index contributed by atoms with van der Waals surface area (Å²) >= 11 is 0. The summed E-state index contributed by atoms with van der Waals surface area (Å²) < 4.78 is 0. The summed E-state index contributed by atoms with van der Waals surface area (Å²) in [6, 6.07) is 7.14. The fourth-order valence-electron chi connectivity index (χ4n) is 3.73. The molecule has 3 rings (SSSR count). The highest BCUT2D eigenvalue weighted by atomic mass is 16.6. The van der Waals surface area contributed by atoms with Gasteiger partial charge in [0.15, 0.2) is 0 Å². The van der Waals surface area contributed by atoms with Gasteiger partial charge in [-0.3, -0.25) is 10.1 Å². The van der Waals surface area contributed by atoms with Gasteiger partial charge in [-0.1, -0.05) is 6.07 Å². The predicted molar refractivity (Wildman–Crippen MR) is 78.8 cm³/mol. The van der Waals surface area contributed by atoms with Crippen LogP contribution >= 0.6 is 0 Å². The van der Waals surface area contributed by atoms with Crippen LogP contribution in [-0.4, -0.2) is 24.1 Å². The second-order valence-corrected chi connectivity index (χ2v) is 6.04. The minimum Gasteiger partial charge on any atom is -0.365 e. The molecule has 110 valence electrons. The molecule has 21 heavy (non-hydrogen) atoms. The lowest BCUT2D eigenvalue weighted by atomic mass is 9.79. The van der Waals surface area contributed by atoms with Crippen molar-refractivity contribution in [3.8, 4) is 6.07 Å². The highest BCUT2D eigenvalue weighted by molar-refractivity contribution is 5.70. The van der Waals surface area contributed by atoms with E-state index in [1.807, 2.05) is 6.07 Å². The number of nitriles is 1. The van der Waals surface area contributed by atoms with Gasteiger partial charge in [-0.05, 0) is 43.2 Å². The van der Waals surface area contributed by atoms with Gasteiger partial charge in [0, 0.05) is 19.1 Å². The van der Waals surface area contributed by atoms with E-state index in [-0.39, 0.29) is 17.3 Å². The molecular formula is C15H18N4O2. The van der Waals surface area contributed by atoms with E-state index in [0.717, 1.165) is 32.4 Å². The fourth-order valence-corrected chi connectivity index (χ4v) is 3.73. The number of fused-ring (bicyclic) bond motifs is 1. The first kappa shape index (κ1) is 13.8. The lowest BCUT2D eigenvalue weighted by molar-refractivity contribution is -0.384. The van der Waals surface area contributed by atoms with Gasteiger partial charge in [0.2, 0.25) is 0 Å². The van der Waals surface area contributed by atoms with Crippen molar-refractivity contribution in [2.75, 3.05) is 18.0 Å². The van der Waals surface area contributed by atoms with Crippen molar-refractivity contribution in [2.24, 2.45) is 17.6 Å². The Bertz CT molecular complexity index is 610. The van der Waals surface area contributed by atoms with Crippen molar-refractivity contribution in [1.29, 1.82) is 5.26 Å². The molecule has 1 aliphatic carbocycles. The maximum Gasteiger partial charge on any atom is 0.310 e. The molecule has 0 spiro atoms. The molecule has 0 amide bonds. The first-order valence-corrected chi connectivity index (χ1v) is 7.28. The summed E-state index contributed by atoms with van der Waals surface area (Å²) in [5, 5.41) is 20.4. The van der Waals surface area contributed by atoms with Crippen molar-refractivity contribution in [3.05, 3.63) is 33.9 Å². The zero-order chi connectivity index (χ0) is 15.0. The van der Waals surface area contributed by atoms with E-state index in [4.69, 9.17) is 11.0 Å². The predicted octanol–water partition coefficient (Wildman–Crippen LogP) is 2.03. The Kier molecular flexibility index (Phi) is 3.52. The minimum absolute atomic E-state index is 0.0667. The Balaban J connectivity index is 1.92. The third-order valence-electron chi connectivity index (χ3n) is 4.75. The Morgan fingerprint density at radius 3 is 2.81 bits per heavy atom. The zero-order valence-corrected chi connectivity index (χ0v) is 11.7.